The zero-order chi connectivity index (χ0) is 21.4. The smallest absolute Gasteiger partial charge is 0.262 e. The normalized spacial score (nSPS) is 11.1. The molecule has 0 saturated carbocycles. The summed E-state index contributed by atoms with van der Waals surface area (Å²) >= 11 is 0. The number of benzene rings is 3. The van der Waals surface area contributed by atoms with Crippen molar-refractivity contribution in [2.45, 2.75) is 27.7 Å². The number of amides is 1. The zero-order valence-corrected chi connectivity index (χ0v) is 17.5. The third-order valence-electron chi connectivity index (χ3n) is 5.26. The summed E-state index contributed by atoms with van der Waals surface area (Å²) in [4.78, 5) is 25.2. The van der Waals surface area contributed by atoms with Gasteiger partial charge in [-0.1, -0.05) is 17.7 Å². The van der Waals surface area contributed by atoms with E-state index in [1.165, 1.54) is 0 Å². The second kappa shape index (κ2) is 7.67. The van der Waals surface area contributed by atoms with Crippen LogP contribution in [0.5, 0.6) is 5.75 Å². The predicted molar refractivity (Wildman–Crippen MR) is 120 cm³/mol. The van der Waals surface area contributed by atoms with E-state index in [9.17, 15) is 9.59 Å². The van der Waals surface area contributed by atoms with Gasteiger partial charge in [0.15, 0.2) is 6.61 Å². The van der Waals surface area contributed by atoms with Crippen molar-refractivity contribution < 1.29 is 13.9 Å². The van der Waals surface area contributed by atoms with Crippen molar-refractivity contribution >= 4 is 33.5 Å². The summed E-state index contributed by atoms with van der Waals surface area (Å²) < 4.78 is 11.6. The summed E-state index contributed by atoms with van der Waals surface area (Å²) in [5.41, 5.74) is 5.65. The van der Waals surface area contributed by atoms with Crippen LogP contribution < -0.4 is 15.5 Å². The fraction of sp³-hybridized carbons (Fsp3) is 0.200. The molecule has 1 amide bonds. The molecule has 0 aliphatic heterocycles. The van der Waals surface area contributed by atoms with Crippen molar-refractivity contribution in [3.8, 4) is 5.75 Å². The first-order chi connectivity index (χ1) is 14.3. The molecular formula is C25H23NO4. The van der Waals surface area contributed by atoms with Gasteiger partial charge in [0.1, 0.15) is 16.9 Å². The highest BCUT2D eigenvalue weighted by molar-refractivity contribution is 5.96. The summed E-state index contributed by atoms with van der Waals surface area (Å²) in [6, 6.07) is 14.6. The van der Waals surface area contributed by atoms with Crippen molar-refractivity contribution in [1.82, 2.24) is 0 Å². The van der Waals surface area contributed by atoms with E-state index in [0.29, 0.717) is 33.4 Å². The summed E-state index contributed by atoms with van der Waals surface area (Å²) in [6.45, 7) is 7.79. The molecular weight excluding hydrogens is 378 g/mol. The van der Waals surface area contributed by atoms with Crippen LogP contribution in [-0.4, -0.2) is 12.5 Å². The maximum Gasteiger partial charge on any atom is 0.262 e. The van der Waals surface area contributed by atoms with Gasteiger partial charge in [0.05, 0.1) is 10.8 Å². The second-order valence-electron chi connectivity index (χ2n) is 7.68. The lowest BCUT2D eigenvalue weighted by Crippen LogP contribution is -2.20. The average Bonchev–Trinajstić information content (AvgIpc) is 2.69. The topological polar surface area (TPSA) is 68.5 Å². The van der Waals surface area contributed by atoms with Crippen LogP contribution in [-0.2, 0) is 4.79 Å². The molecule has 152 valence electrons. The number of hydrogen-bond acceptors (Lipinski definition) is 4. The average molecular weight is 401 g/mol. The molecule has 4 aromatic rings. The van der Waals surface area contributed by atoms with Gasteiger partial charge in [-0.05, 0) is 74.7 Å². The number of fused-ring (bicyclic) bond motifs is 2. The van der Waals surface area contributed by atoms with Gasteiger partial charge in [-0.3, -0.25) is 9.59 Å². The molecule has 3 aromatic carbocycles. The highest BCUT2D eigenvalue weighted by Crippen LogP contribution is 2.24. The molecule has 30 heavy (non-hydrogen) atoms. The maximum absolute atomic E-state index is 12.8. The molecule has 1 N–H and O–H groups in total. The molecule has 0 aliphatic carbocycles. The zero-order valence-electron chi connectivity index (χ0n) is 17.5. The van der Waals surface area contributed by atoms with Gasteiger partial charge in [0, 0.05) is 11.8 Å². The largest absolute Gasteiger partial charge is 0.483 e. The quantitative estimate of drug-likeness (QED) is 0.478. The number of aryl methyl sites for hydroxylation is 4. The van der Waals surface area contributed by atoms with Crippen molar-refractivity contribution in [2.75, 3.05) is 11.9 Å². The van der Waals surface area contributed by atoms with Crippen molar-refractivity contribution in [2.24, 2.45) is 0 Å². The molecule has 0 saturated heterocycles. The predicted octanol–water partition coefficient (Wildman–Crippen LogP) is 5.20. The Labute approximate surface area is 174 Å². The van der Waals surface area contributed by atoms with Crippen LogP contribution in [0.25, 0.3) is 21.9 Å². The lowest BCUT2D eigenvalue weighted by atomic mass is 10.1. The van der Waals surface area contributed by atoms with E-state index in [-0.39, 0.29) is 17.9 Å². The van der Waals surface area contributed by atoms with E-state index < -0.39 is 0 Å². The lowest BCUT2D eigenvalue weighted by molar-refractivity contribution is -0.118. The first-order valence-electron chi connectivity index (χ1n) is 9.79. The number of anilines is 1. The van der Waals surface area contributed by atoms with Gasteiger partial charge in [-0.25, -0.2) is 0 Å². The van der Waals surface area contributed by atoms with Crippen LogP contribution >= 0.6 is 0 Å². The molecule has 1 heterocycles. The first kappa shape index (κ1) is 19.7. The van der Waals surface area contributed by atoms with Gasteiger partial charge < -0.3 is 14.5 Å². The minimum atomic E-state index is -0.288. The third-order valence-corrected chi connectivity index (χ3v) is 5.26. The minimum Gasteiger partial charge on any atom is -0.483 e. The lowest BCUT2D eigenvalue weighted by Gasteiger charge is -2.11. The molecule has 1 aromatic heterocycles. The SMILES string of the molecule is Cc1ccc(OCC(=O)Nc2ccc3c(=O)c4cc(C)c(C)cc4oc3c2)c(C)c1. The van der Waals surface area contributed by atoms with Crippen LogP contribution in [0.15, 0.2) is 57.7 Å². The molecule has 5 nitrogen and oxygen atoms in total. The molecule has 0 spiro atoms. The Morgan fingerprint density at radius 2 is 1.60 bits per heavy atom. The number of ether oxygens (including phenoxy) is 1. The summed E-state index contributed by atoms with van der Waals surface area (Å²) in [6.07, 6.45) is 0. The number of carbonyl (C=O) groups is 1. The van der Waals surface area contributed by atoms with E-state index in [1.807, 2.05) is 58.0 Å². The maximum atomic E-state index is 12.8. The summed E-state index contributed by atoms with van der Waals surface area (Å²) in [5, 5.41) is 3.84. The van der Waals surface area contributed by atoms with Crippen LogP contribution in [0.2, 0.25) is 0 Å². The Morgan fingerprint density at radius 1 is 0.867 bits per heavy atom. The molecule has 4 rings (SSSR count). The van der Waals surface area contributed by atoms with Crippen LogP contribution in [0.3, 0.4) is 0 Å². The molecule has 5 heteroatoms. The van der Waals surface area contributed by atoms with E-state index in [0.717, 1.165) is 22.3 Å². The van der Waals surface area contributed by atoms with E-state index in [1.54, 1.807) is 18.2 Å². The van der Waals surface area contributed by atoms with Gasteiger partial charge >= 0.3 is 0 Å². The van der Waals surface area contributed by atoms with Gasteiger partial charge in [-0.2, -0.15) is 0 Å². The van der Waals surface area contributed by atoms with Crippen molar-refractivity contribution in [1.29, 1.82) is 0 Å². The van der Waals surface area contributed by atoms with Gasteiger partial charge in [0.25, 0.3) is 5.91 Å². The Morgan fingerprint density at radius 3 is 2.37 bits per heavy atom. The van der Waals surface area contributed by atoms with Crippen molar-refractivity contribution in [3.05, 3.63) is 81.0 Å². The minimum absolute atomic E-state index is 0.0783. The van der Waals surface area contributed by atoms with Crippen LogP contribution in [0, 0.1) is 27.7 Å². The Kier molecular flexibility index (Phi) is 5.04. The molecule has 0 radical (unpaired) electrons. The second-order valence-corrected chi connectivity index (χ2v) is 7.68. The molecule has 0 aliphatic rings. The fourth-order valence-electron chi connectivity index (χ4n) is 3.49. The third kappa shape index (κ3) is 3.79. The van der Waals surface area contributed by atoms with Crippen LogP contribution in [0.4, 0.5) is 5.69 Å². The van der Waals surface area contributed by atoms with E-state index in [4.69, 9.17) is 9.15 Å². The Hall–Kier alpha value is -3.60. The monoisotopic (exact) mass is 401 g/mol. The highest BCUT2D eigenvalue weighted by atomic mass is 16.5. The molecule has 0 bridgehead atoms. The van der Waals surface area contributed by atoms with Gasteiger partial charge in [-0.15, -0.1) is 0 Å². The number of carbonyl (C=O) groups excluding carboxylic acids is 1. The molecule has 0 unspecified atom stereocenters. The number of rotatable bonds is 4. The number of nitrogens with one attached hydrogen (secondary N) is 1. The highest BCUT2D eigenvalue weighted by Gasteiger charge is 2.11. The number of hydrogen-bond donors (Lipinski definition) is 1. The molecule has 0 atom stereocenters. The van der Waals surface area contributed by atoms with Gasteiger partial charge in [0.2, 0.25) is 5.43 Å². The van der Waals surface area contributed by atoms with E-state index >= 15 is 0 Å². The summed E-state index contributed by atoms with van der Waals surface area (Å²) in [5.74, 6) is 0.390. The molecule has 0 fully saturated rings. The Balaban J connectivity index is 1.57. The van der Waals surface area contributed by atoms with E-state index in [2.05, 4.69) is 5.32 Å². The van der Waals surface area contributed by atoms with Crippen molar-refractivity contribution in [3.63, 3.8) is 0 Å². The fourth-order valence-corrected chi connectivity index (χ4v) is 3.49. The standard InChI is InChI=1S/C25H23NO4/c1-14-5-8-21(17(4)9-14)29-13-24(27)26-18-6-7-19-23(12-18)30-22-11-16(3)15(2)10-20(22)25(19)28/h5-12H,13H2,1-4H3,(H,26,27). The first-order valence-corrected chi connectivity index (χ1v) is 9.79. The van der Waals surface area contributed by atoms with Crippen LogP contribution in [0.1, 0.15) is 22.3 Å². The Bertz CT molecular complexity index is 1350. The summed E-state index contributed by atoms with van der Waals surface area (Å²) in [7, 11) is 0.